The van der Waals surface area contributed by atoms with Crippen LogP contribution in [0.25, 0.3) is 0 Å². The van der Waals surface area contributed by atoms with E-state index < -0.39 is 23.6 Å². The van der Waals surface area contributed by atoms with E-state index in [0.29, 0.717) is 12.0 Å². The fourth-order valence-corrected chi connectivity index (χ4v) is 2.12. The van der Waals surface area contributed by atoms with Crippen molar-refractivity contribution in [2.24, 2.45) is 11.8 Å². The normalized spacial score (nSPS) is 20.1. The summed E-state index contributed by atoms with van der Waals surface area (Å²) in [6.07, 6.45) is 0.333. The summed E-state index contributed by atoms with van der Waals surface area (Å²) >= 11 is 0. The van der Waals surface area contributed by atoms with Crippen molar-refractivity contribution >= 4 is 11.9 Å². The molecule has 6 heteroatoms. The number of hydrogen-bond acceptors (Lipinski definition) is 3. The van der Waals surface area contributed by atoms with E-state index in [1.165, 1.54) is 30.1 Å². The highest BCUT2D eigenvalue weighted by Crippen LogP contribution is 2.40. The van der Waals surface area contributed by atoms with Gasteiger partial charge in [-0.1, -0.05) is 0 Å². The van der Waals surface area contributed by atoms with Crippen molar-refractivity contribution in [3.8, 4) is 6.07 Å². The second-order valence-corrected chi connectivity index (χ2v) is 4.90. The number of benzene rings is 1. The van der Waals surface area contributed by atoms with Gasteiger partial charge in [-0.3, -0.25) is 9.59 Å². The molecule has 2 atom stereocenters. The summed E-state index contributed by atoms with van der Waals surface area (Å²) in [5.41, 5.74) is 0.560. The number of carboxylic acid groups (broad SMARTS) is 1. The molecule has 2 unspecified atom stereocenters. The zero-order valence-corrected chi connectivity index (χ0v) is 10.8. The summed E-state index contributed by atoms with van der Waals surface area (Å²) in [6.45, 7) is 0.0169. The predicted octanol–water partition coefficient (Wildman–Crippen LogP) is 1.38. The Bertz CT molecular complexity index is 609. The maximum atomic E-state index is 13.6. The topological polar surface area (TPSA) is 81.4 Å². The highest BCUT2D eigenvalue weighted by atomic mass is 19.1. The van der Waals surface area contributed by atoms with E-state index in [1.54, 1.807) is 0 Å². The van der Waals surface area contributed by atoms with Gasteiger partial charge >= 0.3 is 5.97 Å². The van der Waals surface area contributed by atoms with Gasteiger partial charge in [0.15, 0.2) is 0 Å². The first-order valence-electron chi connectivity index (χ1n) is 6.10. The zero-order valence-electron chi connectivity index (χ0n) is 10.8. The Morgan fingerprint density at radius 1 is 1.50 bits per heavy atom. The van der Waals surface area contributed by atoms with Gasteiger partial charge in [-0.05, 0) is 24.6 Å². The lowest BCUT2D eigenvalue weighted by Gasteiger charge is -2.17. The number of nitriles is 1. The minimum absolute atomic E-state index is 0.0169. The van der Waals surface area contributed by atoms with Crippen LogP contribution in [0, 0.1) is 29.0 Å². The molecule has 1 aromatic carbocycles. The highest BCUT2D eigenvalue weighted by molar-refractivity contribution is 5.89. The standard InChI is InChI=1S/C14H13FN2O3/c1-17(13(18)10-5-11(10)14(19)20)7-9-4-8(6-16)2-3-12(9)15/h2-4,10-11H,5,7H2,1H3,(H,19,20). The number of rotatable bonds is 4. The SMILES string of the molecule is CN(Cc1cc(C#N)ccc1F)C(=O)C1CC1C(=O)O. The van der Waals surface area contributed by atoms with E-state index in [9.17, 15) is 14.0 Å². The Hall–Kier alpha value is -2.42. The molecular weight excluding hydrogens is 263 g/mol. The molecule has 104 valence electrons. The van der Waals surface area contributed by atoms with E-state index in [4.69, 9.17) is 10.4 Å². The lowest BCUT2D eigenvalue weighted by molar-refractivity contribution is -0.141. The molecule has 5 nitrogen and oxygen atoms in total. The molecular formula is C14H13FN2O3. The fourth-order valence-electron chi connectivity index (χ4n) is 2.12. The van der Waals surface area contributed by atoms with Crippen LogP contribution in [0.1, 0.15) is 17.5 Å². The second-order valence-electron chi connectivity index (χ2n) is 4.90. The van der Waals surface area contributed by atoms with Crippen molar-refractivity contribution in [1.82, 2.24) is 4.90 Å². The molecule has 0 spiro atoms. The Kier molecular flexibility index (Phi) is 3.70. The molecule has 1 saturated carbocycles. The maximum Gasteiger partial charge on any atom is 0.307 e. The molecule has 1 aliphatic rings. The molecule has 0 bridgehead atoms. The summed E-state index contributed by atoms with van der Waals surface area (Å²) in [5, 5.41) is 17.6. The van der Waals surface area contributed by atoms with Crippen LogP contribution >= 0.6 is 0 Å². The summed E-state index contributed by atoms with van der Waals surface area (Å²) < 4.78 is 13.6. The van der Waals surface area contributed by atoms with Crippen molar-refractivity contribution in [2.75, 3.05) is 7.05 Å². The number of carbonyl (C=O) groups is 2. The van der Waals surface area contributed by atoms with Crippen LogP contribution in [0.5, 0.6) is 0 Å². The molecule has 0 saturated heterocycles. The van der Waals surface area contributed by atoms with Crippen LogP contribution in [0.2, 0.25) is 0 Å². The predicted molar refractivity (Wildman–Crippen MR) is 66.8 cm³/mol. The molecule has 1 aromatic rings. The molecule has 0 radical (unpaired) electrons. The fraction of sp³-hybridized carbons (Fsp3) is 0.357. The van der Waals surface area contributed by atoms with Crippen molar-refractivity contribution in [3.05, 3.63) is 35.1 Å². The first-order chi connectivity index (χ1) is 9.43. The number of amides is 1. The molecule has 1 aliphatic carbocycles. The minimum Gasteiger partial charge on any atom is -0.481 e. The Morgan fingerprint density at radius 2 is 2.20 bits per heavy atom. The average Bonchev–Trinajstić information content (AvgIpc) is 3.20. The summed E-state index contributed by atoms with van der Waals surface area (Å²) in [6, 6.07) is 5.84. The summed E-state index contributed by atoms with van der Waals surface area (Å²) in [4.78, 5) is 24.0. The number of halogens is 1. The van der Waals surface area contributed by atoms with E-state index in [0.717, 1.165) is 0 Å². The van der Waals surface area contributed by atoms with Crippen LogP contribution in [0.3, 0.4) is 0 Å². The van der Waals surface area contributed by atoms with E-state index in [1.807, 2.05) is 6.07 Å². The molecule has 2 rings (SSSR count). The van der Waals surface area contributed by atoms with Crippen molar-refractivity contribution in [1.29, 1.82) is 5.26 Å². The number of nitrogens with zero attached hydrogens (tertiary/aromatic N) is 2. The number of carboxylic acids is 1. The quantitative estimate of drug-likeness (QED) is 0.900. The third kappa shape index (κ3) is 2.77. The minimum atomic E-state index is -0.977. The number of aliphatic carboxylic acids is 1. The van der Waals surface area contributed by atoms with Crippen molar-refractivity contribution in [2.45, 2.75) is 13.0 Å². The van der Waals surface area contributed by atoms with Crippen molar-refractivity contribution < 1.29 is 19.1 Å². The van der Waals surface area contributed by atoms with Crippen LogP contribution in [-0.4, -0.2) is 28.9 Å². The van der Waals surface area contributed by atoms with Gasteiger partial charge in [0.05, 0.1) is 23.5 Å². The van der Waals surface area contributed by atoms with Crippen LogP contribution < -0.4 is 0 Å². The lowest BCUT2D eigenvalue weighted by Crippen LogP contribution is -2.29. The van der Waals surface area contributed by atoms with Crippen molar-refractivity contribution in [3.63, 3.8) is 0 Å². The van der Waals surface area contributed by atoms with Gasteiger partial charge in [-0.2, -0.15) is 5.26 Å². The monoisotopic (exact) mass is 276 g/mol. The second kappa shape index (κ2) is 5.29. The number of carbonyl (C=O) groups excluding carboxylic acids is 1. The Balaban J connectivity index is 2.05. The Morgan fingerprint density at radius 3 is 2.75 bits per heavy atom. The van der Waals surface area contributed by atoms with Gasteiger partial charge in [0.25, 0.3) is 0 Å². The third-order valence-corrected chi connectivity index (χ3v) is 3.38. The first kappa shape index (κ1) is 14.0. The van der Waals surface area contributed by atoms with Gasteiger partial charge in [-0.25, -0.2) is 4.39 Å². The Labute approximate surface area is 115 Å². The van der Waals surface area contributed by atoms with E-state index >= 15 is 0 Å². The summed E-state index contributed by atoms with van der Waals surface area (Å²) in [5.74, 6) is -2.91. The molecule has 20 heavy (non-hydrogen) atoms. The van der Waals surface area contributed by atoms with E-state index in [2.05, 4.69) is 0 Å². The van der Waals surface area contributed by atoms with E-state index in [-0.39, 0.29) is 18.0 Å². The highest BCUT2D eigenvalue weighted by Gasteiger charge is 2.49. The summed E-state index contributed by atoms with van der Waals surface area (Å²) in [7, 11) is 1.50. The van der Waals surface area contributed by atoms with Gasteiger partial charge in [-0.15, -0.1) is 0 Å². The lowest BCUT2D eigenvalue weighted by atomic mass is 10.1. The number of hydrogen-bond donors (Lipinski definition) is 1. The molecule has 0 aliphatic heterocycles. The third-order valence-electron chi connectivity index (χ3n) is 3.38. The van der Waals surface area contributed by atoms with Crippen LogP contribution in [-0.2, 0) is 16.1 Å². The van der Waals surface area contributed by atoms with Gasteiger partial charge in [0, 0.05) is 19.2 Å². The zero-order chi connectivity index (χ0) is 14.9. The first-order valence-corrected chi connectivity index (χ1v) is 6.10. The van der Waals surface area contributed by atoms with Gasteiger partial charge in [0.1, 0.15) is 5.82 Å². The molecule has 1 amide bonds. The molecule has 0 aromatic heterocycles. The van der Waals surface area contributed by atoms with Crippen LogP contribution in [0.4, 0.5) is 4.39 Å². The average molecular weight is 276 g/mol. The van der Waals surface area contributed by atoms with Gasteiger partial charge in [0.2, 0.25) is 5.91 Å². The van der Waals surface area contributed by atoms with Crippen LogP contribution in [0.15, 0.2) is 18.2 Å². The molecule has 1 fully saturated rings. The largest absolute Gasteiger partial charge is 0.481 e. The molecule has 0 heterocycles. The smallest absolute Gasteiger partial charge is 0.307 e. The maximum absolute atomic E-state index is 13.6. The van der Waals surface area contributed by atoms with Gasteiger partial charge < -0.3 is 10.0 Å². The molecule has 1 N–H and O–H groups in total.